The molecular weight excluding hydrogens is 316 g/mol. The second kappa shape index (κ2) is 7.42. The van der Waals surface area contributed by atoms with Crippen molar-refractivity contribution in [2.75, 3.05) is 19.6 Å². The van der Waals surface area contributed by atoms with Crippen molar-refractivity contribution in [1.29, 1.82) is 0 Å². The smallest absolute Gasteiger partial charge is 0.317 e. The highest BCUT2D eigenvalue weighted by molar-refractivity contribution is 5.77. The minimum Gasteiger partial charge on any atom is -0.338 e. The van der Waals surface area contributed by atoms with Crippen molar-refractivity contribution in [1.82, 2.24) is 20.1 Å². The number of pyridine rings is 1. The number of nitrogens with zero attached hydrogens (tertiary/aromatic N) is 3. The van der Waals surface area contributed by atoms with Gasteiger partial charge in [-0.05, 0) is 44.7 Å². The number of hydrogen-bond acceptors (Lipinski definition) is 3. The quantitative estimate of drug-likeness (QED) is 0.916. The molecule has 1 unspecified atom stereocenters. The van der Waals surface area contributed by atoms with Gasteiger partial charge in [-0.1, -0.05) is 6.07 Å². The molecule has 1 spiro atoms. The molecule has 3 rings (SSSR count). The molecule has 1 N–H and O–H groups in total. The van der Waals surface area contributed by atoms with Gasteiger partial charge in [-0.25, -0.2) is 4.79 Å². The molecule has 25 heavy (non-hydrogen) atoms. The van der Waals surface area contributed by atoms with E-state index in [1.54, 1.807) is 6.20 Å². The highest BCUT2D eigenvalue weighted by atomic mass is 16.2. The summed E-state index contributed by atoms with van der Waals surface area (Å²) in [7, 11) is 0. The van der Waals surface area contributed by atoms with Crippen LogP contribution in [0.2, 0.25) is 0 Å². The summed E-state index contributed by atoms with van der Waals surface area (Å²) in [5, 5.41) is 2.99. The summed E-state index contributed by atoms with van der Waals surface area (Å²) < 4.78 is 0. The number of rotatable bonds is 3. The number of likely N-dealkylation sites (tertiary alicyclic amines) is 2. The molecule has 136 valence electrons. The number of nitrogens with one attached hydrogen (secondary N) is 1. The van der Waals surface area contributed by atoms with Gasteiger partial charge in [0.05, 0.1) is 0 Å². The van der Waals surface area contributed by atoms with E-state index >= 15 is 0 Å². The molecule has 0 bridgehead atoms. The lowest BCUT2D eigenvalue weighted by Gasteiger charge is -2.48. The zero-order chi connectivity index (χ0) is 17.9. The molecule has 0 radical (unpaired) electrons. The average Bonchev–Trinajstić information content (AvgIpc) is 2.59. The first kappa shape index (κ1) is 17.7. The van der Waals surface area contributed by atoms with Crippen LogP contribution >= 0.6 is 0 Å². The Kier molecular flexibility index (Phi) is 5.25. The second-order valence-electron chi connectivity index (χ2n) is 7.74. The maximum Gasteiger partial charge on any atom is 0.317 e. The molecule has 3 amide bonds. The fourth-order valence-electron chi connectivity index (χ4n) is 4.01. The number of aromatic nitrogens is 1. The van der Waals surface area contributed by atoms with Crippen LogP contribution in [-0.4, -0.2) is 52.4 Å². The van der Waals surface area contributed by atoms with Gasteiger partial charge in [0.1, 0.15) is 0 Å². The van der Waals surface area contributed by atoms with Crippen LogP contribution in [0.25, 0.3) is 0 Å². The van der Waals surface area contributed by atoms with E-state index in [0.717, 1.165) is 44.5 Å². The number of carbonyl (C=O) groups excluding carboxylic acids is 2. The van der Waals surface area contributed by atoms with Gasteiger partial charge in [0.2, 0.25) is 5.91 Å². The SMILES string of the molecule is CC(C)NC(=O)N1CCCC2(CCC(=O)N(Cc3cccnc3)C2)C1. The first-order valence-corrected chi connectivity index (χ1v) is 9.20. The zero-order valence-electron chi connectivity index (χ0n) is 15.2. The third-order valence-corrected chi connectivity index (χ3v) is 5.21. The van der Waals surface area contributed by atoms with Crippen molar-refractivity contribution >= 4 is 11.9 Å². The predicted octanol–water partition coefficient (Wildman–Crippen LogP) is 2.40. The van der Waals surface area contributed by atoms with Crippen molar-refractivity contribution in [3.8, 4) is 0 Å². The van der Waals surface area contributed by atoms with Gasteiger partial charge in [0.15, 0.2) is 0 Å². The van der Waals surface area contributed by atoms with E-state index in [4.69, 9.17) is 0 Å². The fraction of sp³-hybridized carbons (Fsp3) is 0.632. The van der Waals surface area contributed by atoms with E-state index in [2.05, 4.69) is 10.3 Å². The summed E-state index contributed by atoms with van der Waals surface area (Å²) in [6.07, 6.45) is 7.09. The van der Waals surface area contributed by atoms with Gasteiger partial charge in [-0.15, -0.1) is 0 Å². The van der Waals surface area contributed by atoms with Crippen LogP contribution in [0.15, 0.2) is 24.5 Å². The van der Waals surface area contributed by atoms with Crippen LogP contribution in [0.5, 0.6) is 0 Å². The third kappa shape index (κ3) is 4.30. The first-order valence-electron chi connectivity index (χ1n) is 9.20. The molecule has 6 heteroatoms. The number of urea groups is 1. The molecule has 0 saturated carbocycles. The molecule has 0 aliphatic carbocycles. The molecule has 2 saturated heterocycles. The van der Waals surface area contributed by atoms with Gasteiger partial charge in [-0.2, -0.15) is 0 Å². The zero-order valence-corrected chi connectivity index (χ0v) is 15.2. The summed E-state index contributed by atoms with van der Waals surface area (Å²) >= 11 is 0. The van der Waals surface area contributed by atoms with Crippen molar-refractivity contribution in [3.63, 3.8) is 0 Å². The Labute approximate surface area is 149 Å². The molecule has 2 fully saturated rings. The fourth-order valence-corrected chi connectivity index (χ4v) is 4.01. The topological polar surface area (TPSA) is 65.5 Å². The number of piperidine rings is 2. The van der Waals surface area contributed by atoms with Gasteiger partial charge in [0.25, 0.3) is 0 Å². The van der Waals surface area contributed by atoms with Gasteiger partial charge < -0.3 is 15.1 Å². The molecule has 2 aliphatic heterocycles. The molecule has 1 atom stereocenters. The lowest BCUT2D eigenvalue weighted by atomic mass is 9.73. The predicted molar refractivity (Wildman–Crippen MR) is 95.8 cm³/mol. The Bertz CT molecular complexity index is 619. The summed E-state index contributed by atoms with van der Waals surface area (Å²) in [5.41, 5.74) is 1.08. The Morgan fingerprint density at radius 3 is 2.92 bits per heavy atom. The Morgan fingerprint density at radius 2 is 2.20 bits per heavy atom. The Balaban J connectivity index is 1.68. The van der Waals surface area contributed by atoms with E-state index in [1.165, 1.54) is 0 Å². The number of carbonyl (C=O) groups is 2. The molecule has 1 aromatic heterocycles. The van der Waals surface area contributed by atoms with Crippen molar-refractivity contribution in [3.05, 3.63) is 30.1 Å². The second-order valence-corrected chi connectivity index (χ2v) is 7.74. The van der Waals surface area contributed by atoms with Crippen molar-refractivity contribution in [2.24, 2.45) is 5.41 Å². The third-order valence-electron chi connectivity index (χ3n) is 5.21. The minimum absolute atomic E-state index is 0.0183. The lowest BCUT2D eigenvalue weighted by molar-refractivity contribution is -0.139. The van der Waals surface area contributed by atoms with E-state index in [9.17, 15) is 9.59 Å². The Morgan fingerprint density at radius 1 is 1.36 bits per heavy atom. The van der Waals surface area contributed by atoms with E-state index in [1.807, 2.05) is 42.0 Å². The maximum absolute atomic E-state index is 12.4. The van der Waals surface area contributed by atoms with E-state index < -0.39 is 0 Å². The van der Waals surface area contributed by atoms with Crippen LogP contribution in [0.1, 0.15) is 45.1 Å². The van der Waals surface area contributed by atoms with Crippen molar-refractivity contribution in [2.45, 2.75) is 52.1 Å². The number of amides is 3. The maximum atomic E-state index is 12.4. The minimum atomic E-state index is 0.0183. The van der Waals surface area contributed by atoms with Crippen LogP contribution in [-0.2, 0) is 11.3 Å². The highest BCUT2D eigenvalue weighted by Gasteiger charge is 2.42. The van der Waals surface area contributed by atoms with Crippen LogP contribution in [0, 0.1) is 5.41 Å². The number of hydrogen-bond donors (Lipinski definition) is 1. The summed E-state index contributed by atoms with van der Waals surface area (Å²) in [4.78, 5) is 32.8. The lowest BCUT2D eigenvalue weighted by Crippen LogP contribution is -2.56. The average molecular weight is 344 g/mol. The normalized spacial score (nSPS) is 24.0. The van der Waals surface area contributed by atoms with Gasteiger partial charge in [0, 0.05) is 56.5 Å². The van der Waals surface area contributed by atoms with Crippen LogP contribution in [0.3, 0.4) is 0 Å². The standard InChI is InChI=1S/C19H28N4O2/c1-15(2)21-18(25)22-10-4-7-19(13-22)8-6-17(24)23(14-19)12-16-5-3-9-20-11-16/h3,5,9,11,15H,4,6-8,10,12-14H2,1-2H3,(H,21,25). The summed E-state index contributed by atoms with van der Waals surface area (Å²) in [5.74, 6) is 0.207. The highest BCUT2D eigenvalue weighted by Crippen LogP contribution is 2.39. The van der Waals surface area contributed by atoms with Gasteiger partial charge >= 0.3 is 6.03 Å². The summed E-state index contributed by atoms with van der Waals surface area (Å²) in [6.45, 7) is 6.83. The summed E-state index contributed by atoms with van der Waals surface area (Å²) in [6, 6.07) is 4.06. The van der Waals surface area contributed by atoms with Crippen LogP contribution < -0.4 is 5.32 Å². The van der Waals surface area contributed by atoms with Gasteiger partial charge in [-0.3, -0.25) is 9.78 Å². The molecule has 1 aromatic rings. The van der Waals surface area contributed by atoms with Crippen LogP contribution in [0.4, 0.5) is 4.79 Å². The molecule has 3 heterocycles. The first-order chi connectivity index (χ1) is 12.0. The monoisotopic (exact) mass is 344 g/mol. The Hall–Kier alpha value is -2.11. The van der Waals surface area contributed by atoms with E-state index in [-0.39, 0.29) is 23.4 Å². The molecule has 0 aromatic carbocycles. The molecular formula is C19H28N4O2. The van der Waals surface area contributed by atoms with E-state index in [0.29, 0.717) is 13.0 Å². The largest absolute Gasteiger partial charge is 0.338 e. The molecule has 6 nitrogen and oxygen atoms in total. The van der Waals surface area contributed by atoms with Crippen molar-refractivity contribution < 1.29 is 9.59 Å². The molecule has 2 aliphatic rings.